The molecular weight excluding hydrogens is 296 g/mol. The normalized spacial score (nSPS) is 17.6. The summed E-state index contributed by atoms with van der Waals surface area (Å²) in [5.41, 5.74) is 2.84. The van der Waals surface area contributed by atoms with Crippen molar-refractivity contribution in [2.24, 2.45) is 0 Å². The molecule has 3 N–H and O–H groups in total. The van der Waals surface area contributed by atoms with Crippen LogP contribution in [0.5, 0.6) is 0 Å². The quantitative estimate of drug-likeness (QED) is 0.812. The maximum atomic E-state index is 11.9. The van der Waals surface area contributed by atoms with Gasteiger partial charge in [0.1, 0.15) is 6.04 Å². The smallest absolute Gasteiger partial charge is 0.246 e. The van der Waals surface area contributed by atoms with E-state index in [9.17, 15) is 4.79 Å². The number of rotatable bonds is 3. The number of carbonyl (C=O) groups is 1. The molecule has 0 bridgehead atoms. The monoisotopic (exact) mass is 306 g/mol. The number of amides is 1. The van der Waals surface area contributed by atoms with Gasteiger partial charge in [0, 0.05) is 34.0 Å². The molecule has 1 aromatic carbocycles. The van der Waals surface area contributed by atoms with Gasteiger partial charge in [-0.25, -0.2) is 0 Å². The fourth-order valence-corrected chi connectivity index (χ4v) is 2.66. The molecule has 1 atom stereocenters. The molecule has 0 fully saturated rings. The second-order valence-corrected chi connectivity index (χ2v) is 4.97. The van der Waals surface area contributed by atoms with Crippen LogP contribution in [0.1, 0.15) is 17.2 Å². The van der Waals surface area contributed by atoms with Crippen LogP contribution in [-0.2, 0) is 11.3 Å². The Hall–Kier alpha value is -1.66. The second kappa shape index (κ2) is 4.55. The van der Waals surface area contributed by atoms with Crippen molar-refractivity contribution in [2.45, 2.75) is 12.6 Å². The predicted octanol–water partition coefficient (Wildman–Crippen LogP) is 1.96. The van der Waals surface area contributed by atoms with E-state index in [0.717, 1.165) is 21.3 Å². The van der Waals surface area contributed by atoms with Crippen molar-refractivity contribution in [1.82, 2.24) is 15.5 Å². The summed E-state index contributed by atoms with van der Waals surface area (Å²) in [6.07, 6.45) is 3.54. The molecule has 0 saturated heterocycles. The van der Waals surface area contributed by atoms with Crippen molar-refractivity contribution in [1.29, 1.82) is 0 Å². The number of aromatic amines is 1. The minimum atomic E-state index is -0.328. The molecule has 1 aromatic heterocycles. The van der Waals surface area contributed by atoms with Crippen LogP contribution in [0, 0.1) is 0 Å². The van der Waals surface area contributed by atoms with Gasteiger partial charge in [-0.05, 0) is 12.1 Å². The highest BCUT2D eigenvalue weighted by atomic mass is 79.9. The minimum Gasteiger partial charge on any atom is -0.324 e. The minimum absolute atomic E-state index is 0.0274. The van der Waals surface area contributed by atoms with Gasteiger partial charge in [-0.15, -0.1) is 0 Å². The van der Waals surface area contributed by atoms with Gasteiger partial charge in [-0.3, -0.25) is 15.2 Å². The molecule has 1 aliphatic heterocycles. The van der Waals surface area contributed by atoms with Gasteiger partial charge in [0.2, 0.25) is 5.91 Å². The van der Waals surface area contributed by atoms with E-state index in [1.54, 1.807) is 12.4 Å². The second-order valence-electron chi connectivity index (χ2n) is 4.11. The fraction of sp³-hybridized carbons (Fsp3) is 0.167. The number of anilines is 1. The highest BCUT2D eigenvalue weighted by Crippen LogP contribution is 2.36. The lowest BCUT2D eigenvalue weighted by Gasteiger charge is -2.11. The maximum absolute atomic E-state index is 11.9. The van der Waals surface area contributed by atoms with Gasteiger partial charge in [-0.1, -0.05) is 22.0 Å². The molecule has 2 heterocycles. The summed E-state index contributed by atoms with van der Waals surface area (Å²) < 4.78 is 0.933. The number of hydrogen-bond donors (Lipinski definition) is 3. The van der Waals surface area contributed by atoms with Gasteiger partial charge in [0.15, 0.2) is 0 Å². The third kappa shape index (κ3) is 1.93. The Bertz CT molecular complexity index is 582. The van der Waals surface area contributed by atoms with Crippen LogP contribution >= 0.6 is 15.9 Å². The summed E-state index contributed by atoms with van der Waals surface area (Å²) in [5.74, 6) is -0.0274. The molecule has 6 heteroatoms. The molecule has 5 nitrogen and oxygen atoms in total. The van der Waals surface area contributed by atoms with Crippen LogP contribution in [-0.4, -0.2) is 16.1 Å². The van der Waals surface area contributed by atoms with Crippen LogP contribution in [0.15, 0.2) is 35.1 Å². The van der Waals surface area contributed by atoms with Crippen LogP contribution in [0.4, 0.5) is 5.69 Å². The average Bonchev–Trinajstić information content (AvgIpc) is 2.94. The topological polar surface area (TPSA) is 69.8 Å². The highest BCUT2D eigenvalue weighted by Gasteiger charge is 2.31. The highest BCUT2D eigenvalue weighted by molar-refractivity contribution is 9.10. The van der Waals surface area contributed by atoms with Gasteiger partial charge < -0.3 is 5.32 Å². The summed E-state index contributed by atoms with van der Waals surface area (Å²) in [5, 5.41) is 12.7. The predicted molar refractivity (Wildman–Crippen MR) is 70.9 cm³/mol. The molecule has 1 amide bonds. The number of halogens is 1. The number of H-pyrrole nitrogens is 1. The SMILES string of the molecule is O=C1Nc2cccc(Br)c2C1NCc1cn[nH]c1. The van der Waals surface area contributed by atoms with Gasteiger partial charge in [-0.2, -0.15) is 5.10 Å². The van der Waals surface area contributed by atoms with Crippen molar-refractivity contribution in [3.8, 4) is 0 Å². The van der Waals surface area contributed by atoms with E-state index < -0.39 is 0 Å². The van der Waals surface area contributed by atoms with Crippen molar-refractivity contribution in [2.75, 3.05) is 5.32 Å². The van der Waals surface area contributed by atoms with Gasteiger partial charge in [0.25, 0.3) is 0 Å². The van der Waals surface area contributed by atoms with E-state index in [-0.39, 0.29) is 11.9 Å². The van der Waals surface area contributed by atoms with Crippen molar-refractivity contribution in [3.05, 3.63) is 46.2 Å². The Kier molecular flexibility index (Phi) is 2.89. The Morgan fingerprint density at radius 1 is 1.44 bits per heavy atom. The fourth-order valence-electron chi connectivity index (χ4n) is 2.06. The zero-order valence-corrected chi connectivity index (χ0v) is 11.0. The summed E-state index contributed by atoms with van der Waals surface area (Å²) >= 11 is 3.48. The molecule has 0 spiro atoms. The first kappa shape index (κ1) is 11.4. The Labute approximate surface area is 112 Å². The zero-order chi connectivity index (χ0) is 12.5. The van der Waals surface area contributed by atoms with Crippen molar-refractivity contribution in [3.63, 3.8) is 0 Å². The van der Waals surface area contributed by atoms with E-state index in [0.29, 0.717) is 6.54 Å². The van der Waals surface area contributed by atoms with E-state index >= 15 is 0 Å². The lowest BCUT2D eigenvalue weighted by molar-refractivity contribution is -0.117. The molecule has 0 radical (unpaired) electrons. The Morgan fingerprint density at radius 3 is 3.11 bits per heavy atom. The molecule has 2 aromatic rings. The molecule has 92 valence electrons. The summed E-state index contributed by atoms with van der Waals surface area (Å²) in [4.78, 5) is 11.9. The van der Waals surface area contributed by atoms with Crippen LogP contribution < -0.4 is 10.6 Å². The summed E-state index contributed by atoms with van der Waals surface area (Å²) in [6, 6.07) is 5.41. The lowest BCUT2D eigenvalue weighted by Crippen LogP contribution is -2.27. The van der Waals surface area contributed by atoms with Crippen LogP contribution in [0.2, 0.25) is 0 Å². The molecule has 0 aliphatic carbocycles. The van der Waals surface area contributed by atoms with Crippen molar-refractivity contribution >= 4 is 27.5 Å². The number of nitrogens with zero attached hydrogens (tertiary/aromatic N) is 1. The third-order valence-electron chi connectivity index (χ3n) is 2.93. The first-order valence-electron chi connectivity index (χ1n) is 5.56. The number of nitrogens with one attached hydrogen (secondary N) is 3. The summed E-state index contributed by atoms with van der Waals surface area (Å²) in [7, 11) is 0. The van der Waals surface area contributed by atoms with E-state index in [2.05, 4.69) is 36.8 Å². The van der Waals surface area contributed by atoms with Crippen molar-refractivity contribution < 1.29 is 4.79 Å². The molecular formula is C12H11BrN4O. The number of fused-ring (bicyclic) bond motifs is 1. The van der Waals surface area contributed by atoms with E-state index in [4.69, 9.17) is 0 Å². The van der Waals surface area contributed by atoms with Gasteiger partial charge >= 0.3 is 0 Å². The first-order chi connectivity index (χ1) is 8.75. The number of benzene rings is 1. The standard InChI is InChI=1S/C12H11BrN4O/c13-8-2-1-3-9-10(8)11(12(18)17-9)14-4-7-5-15-16-6-7/h1-3,5-6,11,14H,4H2,(H,15,16)(H,17,18). The Balaban J connectivity index is 1.83. The summed E-state index contributed by atoms with van der Waals surface area (Å²) in [6.45, 7) is 0.593. The molecule has 3 rings (SSSR count). The molecule has 18 heavy (non-hydrogen) atoms. The van der Waals surface area contributed by atoms with E-state index in [1.807, 2.05) is 18.2 Å². The molecule has 0 saturated carbocycles. The largest absolute Gasteiger partial charge is 0.324 e. The number of carbonyl (C=O) groups excluding carboxylic acids is 1. The Morgan fingerprint density at radius 2 is 2.33 bits per heavy atom. The number of aromatic nitrogens is 2. The van der Waals surface area contributed by atoms with Crippen LogP contribution in [0.25, 0.3) is 0 Å². The first-order valence-corrected chi connectivity index (χ1v) is 6.35. The van der Waals surface area contributed by atoms with Gasteiger partial charge in [0.05, 0.1) is 6.20 Å². The lowest BCUT2D eigenvalue weighted by atomic mass is 10.1. The number of hydrogen-bond acceptors (Lipinski definition) is 3. The maximum Gasteiger partial charge on any atom is 0.246 e. The average molecular weight is 307 g/mol. The molecule has 1 aliphatic rings. The molecule has 1 unspecified atom stereocenters. The van der Waals surface area contributed by atoms with Crippen LogP contribution in [0.3, 0.4) is 0 Å². The zero-order valence-electron chi connectivity index (χ0n) is 9.40. The third-order valence-corrected chi connectivity index (χ3v) is 3.62. The van der Waals surface area contributed by atoms with E-state index in [1.165, 1.54) is 0 Å².